The van der Waals surface area contributed by atoms with Gasteiger partial charge in [0.1, 0.15) is 18.4 Å². The molecule has 0 spiro atoms. The summed E-state index contributed by atoms with van der Waals surface area (Å²) in [6.45, 7) is 4.51. The second-order valence-electron chi connectivity index (χ2n) is 8.49. The van der Waals surface area contributed by atoms with Crippen LogP contribution >= 0.6 is 23.2 Å². The lowest BCUT2D eigenvalue weighted by atomic mass is 10.1. The third-order valence-corrected chi connectivity index (χ3v) is 8.22. The van der Waals surface area contributed by atoms with Crippen molar-refractivity contribution < 1.29 is 22.4 Å². The summed E-state index contributed by atoms with van der Waals surface area (Å²) in [5, 5.41) is 3.43. The molecule has 2 rings (SSSR count). The second kappa shape index (κ2) is 12.7. The minimum Gasteiger partial charge on any atom is -0.352 e. The molecule has 0 aliphatic heterocycles. The molecule has 0 aromatic heterocycles. The summed E-state index contributed by atoms with van der Waals surface area (Å²) in [5.41, 5.74) is 0.507. The van der Waals surface area contributed by atoms with Crippen LogP contribution in [0, 0.1) is 5.82 Å². The highest BCUT2D eigenvalue weighted by Crippen LogP contribution is 2.27. The molecule has 2 atom stereocenters. The zero-order chi connectivity index (χ0) is 27.2. The molecule has 36 heavy (non-hydrogen) atoms. The minimum absolute atomic E-state index is 0.0888. The molecule has 198 valence electrons. The first-order valence-electron chi connectivity index (χ1n) is 11.3. The van der Waals surface area contributed by atoms with Gasteiger partial charge in [-0.05, 0) is 56.7 Å². The van der Waals surface area contributed by atoms with E-state index in [0.717, 1.165) is 20.7 Å². The number of amides is 2. The van der Waals surface area contributed by atoms with Gasteiger partial charge in [-0.25, -0.2) is 8.70 Å². The van der Waals surface area contributed by atoms with E-state index in [4.69, 9.17) is 23.2 Å². The highest BCUT2D eigenvalue weighted by molar-refractivity contribution is 7.90. The van der Waals surface area contributed by atoms with Crippen molar-refractivity contribution in [2.45, 2.75) is 45.8 Å². The summed E-state index contributed by atoms with van der Waals surface area (Å²) in [6.07, 6.45) is 0.683. The number of hydrogen-bond donors (Lipinski definition) is 1. The van der Waals surface area contributed by atoms with Crippen LogP contribution in [0.4, 0.5) is 10.1 Å². The molecular weight excluding hydrogens is 530 g/mol. The average Bonchev–Trinajstić information content (AvgIpc) is 2.82. The molecule has 0 aliphatic rings. The van der Waals surface area contributed by atoms with Gasteiger partial charge in [0.05, 0.1) is 5.69 Å². The smallest absolute Gasteiger partial charge is 0.304 e. The van der Waals surface area contributed by atoms with Crippen LogP contribution in [0.15, 0.2) is 42.5 Å². The molecular formula is C24H31Cl2FN4O4S. The third-order valence-electron chi connectivity index (χ3n) is 5.69. The SMILES string of the molecule is CC[C@H](C)NC(=O)[C@H](C)N(Cc1c(Cl)cccc1Cl)C(=O)CN(c1ccc(F)cc1)S(=O)(=O)N(C)C. The first kappa shape index (κ1) is 29.8. The van der Waals surface area contributed by atoms with Gasteiger partial charge < -0.3 is 10.2 Å². The molecule has 0 fully saturated rings. The fourth-order valence-corrected chi connectivity index (χ4v) is 4.80. The van der Waals surface area contributed by atoms with E-state index in [2.05, 4.69) is 5.32 Å². The fourth-order valence-electron chi connectivity index (χ4n) is 3.23. The monoisotopic (exact) mass is 560 g/mol. The van der Waals surface area contributed by atoms with Crippen LogP contribution in [0.3, 0.4) is 0 Å². The van der Waals surface area contributed by atoms with Crippen LogP contribution in [0.2, 0.25) is 10.0 Å². The lowest BCUT2D eigenvalue weighted by Crippen LogP contribution is -2.53. The van der Waals surface area contributed by atoms with Gasteiger partial charge in [-0.15, -0.1) is 0 Å². The lowest BCUT2D eigenvalue weighted by molar-refractivity contribution is -0.139. The average molecular weight is 562 g/mol. The molecule has 0 aliphatic carbocycles. The van der Waals surface area contributed by atoms with Gasteiger partial charge in [0.25, 0.3) is 0 Å². The number of carbonyl (C=O) groups is 2. The van der Waals surface area contributed by atoms with Crippen molar-refractivity contribution in [3.05, 3.63) is 63.9 Å². The molecule has 8 nitrogen and oxygen atoms in total. The van der Waals surface area contributed by atoms with Gasteiger partial charge in [0.15, 0.2) is 0 Å². The van der Waals surface area contributed by atoms with Crippen LogP contribution in [0.5, 0.6) is 0 Å². The summed E-state index contributed by atoms with van der Waals surface area (Å²) in [7, 11) is -1.51. The quantitative estimate of drug-likeness (QED) is 0.448. The highest BCUT2D eigenvalue weighted by Gasteiger charge is 2.33. The normalized spacial score (nSPS) is 13.2. The maximum absolute atomic E-state index is 13.7. The van der Waals surface area contributed by atoms with E-state index in [1.807, 2.05) is 13.8 Å². The van der Waals surface area contributed by atoms with E-state index < -0.39 is 40.4 Å². The predicted octanol–water partition coefficient (Wildman–Crippen LogP) is 4.08. The number of nitrogens with zero attached hydrogens (tertiary/aromatic N) is 3. The van der Waals surface area contributed by atoms with Crippen molar-refractivity contribution in [2.75, 3.05) is 24.9 Å². The summed E-state index contributed by atoms with van der Waals surface area (Å²) in [4.78, 5) is 27.8. The van der Waals surface area contributed by atoms with E-state index in [-0.39, 0.29) is 18.3 Å². The Bertz CT molecular complexity index is 1160. The standard InChI is InChI=1S/C24H31Cl2FN4O4S/c1-6-16(2)28-24(33)17(3)30(14-20-21(25)8-7-9-22(20)26)23(32)15-31(36(34,35)29(4)5)19-12-10-18(27)11-13-19/h7-13,16-17H,6,14-15H2,1-5H3,(H,28,33)/t16-,17-/m0/s1. The number of nitrogens with one attached hydrogen (secondary N) is 1. The maximum Gasteiger partial charge on any atom is 0.304 e. The van der Waals surface area contributed by atoms with Gasteiger partial charge in [0.2, 0.25) is 11.8 Å². The van der Waals surface area contributed by atoms with Crippen molar-refractivity contribution in [1.82, 2.24) is 14.5 Å². The fraction of sp³-hybridized carbons (Fsp3) is 0.417. The Hall–Kier alpha value is -2.40. The van der Waals surface area contributed by atoms with Crippen molar-refractivity contribution in [3.8, 4) is 0 Å². The number of carbonyl (C=O) groups excluding carboxylic acids is 2. The van der Waals surface area contributed by atoms with E-state index >= 15 is 0 Å². The van der Waals surface area contributed by atoms with Gasteiger partial charge in [-0.2, -0.15) is 12.7 Å². The Morgan fingerprint density at radius 2 is 1.58 bits per heavy atom. The molecule has 2 amide bonds. The Balaban J connectivity index is 2.50. The second-order valence-corrected chi connectivity index (χ2v) is 11.4. The molecule has 0 bridgehead atoms. The zero-order valence-electron chi connectivity index (χ0n) is 20.8. The summed E-state index contributed by atoms with van der Waals surface area (Å²) < 4.78 is 41.5. The van der Waals surface area contributed by atoms with Gasteiger partial charge in [-0.3, -0.25) is 9.59 Å². The number of rotatable bonds is 11. The molecule has 0 heterocycles. The molecule has 0 saturated heterocycles. The van der Waals surface area contributed by atoms with Crippen molar-refractivity contribution in [3.63, 3.8) is 0 Å². The van der Waals surface area contributed by atoms with Crippen molar-refractivity contribution in [2.24, 2.45) is 0 Å². The lowest BCUT2D eigenvalue weighted by Gasteiger charge is -2.33. The molecule has 0 saturated carbocycles. The number of hydrogen-bond acceptors (Lipinski definition) is 4. The van der Waals surface area contributed by atoms with Crippen LogP contribution in [0.25, 0.3) is 0 Å². The Morgan fingerprint density at radius 3 is 2.08 bits per heavy atom. The molecule has 2 aromatic rings. The molecule has 0 unspecified atom stereocenters. The molecule has 1 N–H and O–H groups in total. The molecule has 0 radical (unpaired) electrons. The Labute approximate surface area is 222 Å². The van der Waals surface area contributed by atoms with Gasteiger partial charge in [-0.1, -0.05) is 36.2 Å². The first-order valence-corrected chi connectivity index (χ1v) is 13.4. The Morgan fingerprint density at radius 1 is 1.03 bits per heavy atom. The first-order chi connectivity index (χ1) is 16.8. The summed E-state index contributed by atoms with van der Waals surface area (Å²) in [5.74, 6) is -1.64. The van der Waals surface area contributed by atoms with Crippen molar-refractivity contribution in [1.29, 1.82) is 0 Å². The topological polar surface area (TPSA) is 90.0 Å². The number of halogens is 3. The van der Waals surface area contributed by atoms with Crippen LogP contribution < -0.4 is 9.62 Å². The zero-order valence-corrected chi connectivity index (χ0v) is 23.2. The summed E-state index contributed by atoms with van der Waals surface area (Å²) in [6, 6.07) is 8.48. The predicted molar refractivity (Wildman–Crippen MR) is 141 cm³/mol. The highest BCUT2D eigenvalue weighted by atomic mass is 35.5. The van der Waals surface area contributed by atoms with Gasteiger partial charge in [0, 0.05) is 42.3 Å². The van der Waals surface area contributed by atoms with Crippen LogP contribution in [-0.2, 0) is 26.3 Å². The number of benzene rings is 2. The Kier molecular flexibility index (Phi) is 10.5. The maximum atomic E-state index is 13.7. The van der Waals surface area contributed by atoms with Crippen molar-refractivity contribution >= 4 is 50.9 Å². The van der Waals surface area contributed by atoms with Gasteiger partial charge >= 0.3 is 10.2 Å². The summed E-state index contributed by atoms with van der Waals surface area (Å²) >= 11 is 12.7. The third kappa shape index (κ3) is 7.32. The van der Waals surface area contributed by atoms with E-state index in [9.17, 15) is 22.4 Å². The largest absolute Gasteiger partial charge is 0.352 e. The minimum atomic E-state index is -4.15. The van der Waals surface area contributed by atoms with Crippen LogP contribution in [0.1, 0.15) is 32.8 Å². The van der Waals surface area contributed by atoms with E-state index in [1.165, 1.54) is 31.1 Å². The van der Waals surface area contributed by atoms with Crippen LogP contribution in [-0.4, -0.2) is 62.2 Å². The van der Waals surface area contributed by atoms with E-state index in [1.54, 1.807) is 25.1 Å². The number of anilines is 1. The molecule has 12 heteroatoms. The molecule has 2 aromatic carbocycles. The van der Waals surface area contributed by atoms with E-state index in [0.29, 0.717) is 22.0 Å².